The number of aromatic nitrogens is 3. The minimum absolute atomic E-state index is 0.121. The van der Waals surface area contributed by atoms with Crippen LogP contribution in [-0.2, 0) is 6.61 Å². The average molecular weight is 382 g/mol. The van der Waals surface area contributed by atoms with Crippen molar-refractivity contribution >= 4 is 11.7 Å². The number of anilines is 1. The van der Waals surface area contributed by atoms with Gasteiger partial charge < -0.3 is 14.6 Å². The summed E-state index contributed by atoms with van der Waals surface area (Å²) in [6, 6.07) is 7.97. The van der Waals surface area contributed by atoms with Crippen LogP contribution >= 0.6 is 0 Å². The number of rotatable bonds is 6. The van der Waals surface area contributed by atoms with E-state index >= 15 is 0 Å². The summed E-state index contributed by atoms with van der Waals surface area (Å²) in [5, 5.41) is 11.2. The van der Waals surface area contributed by atoms with Gasteiger partial charge in [-0.15, -0.1) is 0 Å². The fourth-order valence-electron chi connectivity index (χ4n) is 2.93. The molecule has 0 fully saturated rings. The second kappa shape index (κ2) is 7.88. The first-order valence-corrected chi connectivity index (χ1v) is 9.29. The Morgan fingerprint density at radius 3 is 2.68 bits per heavy atom. The van der Waals surface area contributed by atoms with Crippen LogP contribution in [0.15, 0.2) is 28.8 Å². The Morgan fingerprint density at radius 1 is 1.21 bits per heavy atom. The third-order valence-electron chi connectivity index (χ3n) is 4.50. The number of hydrogen-bond acceptors (Lipinski definition) is 5. The van der Waals surface area contributed by atoms with E-state index in [4.69, 9.17) is 9.26 Å². The molecular formula is C21H26N4O3. The van der Waals surface area contributed by atoms with Crippen molar-refractivity contribution in [2.75, 3.05) is 5.32 Å². The molecular weight excluding hydrogens is 356 g/mol. The third-order valence-corrected chi connectivity index (χ3v) is 4.50. The highest BCUT2D eigenvalue weighted by molar-refractivity contribution is 6.03. The van der Waals surface area contributed by atoms with Crippen LogP contribution in [0, 0.1) is 27.7 Å². The van der Waals surface area contributed by atoms with Gasteiger partial charge in [-0.2, -0.15) is 5.10 Å². The van der Waals surface area contributed by atoms with Crippen LogP contribution in [0.2, 0.25) is 0 Å². The standard InChI is InChI=1S/C21H26N4O3/c1-12(2)25-19(10-15(5)23-25)22-21(26)20-17(16(6)28-24-20)11-27-18-9-13(3)7-8-14(18)4/h7-10,12H,11H2,1-6H3,(H,22,26). The van der Waals surface area contributed by atoms with Crippen molar-refractivity contribution in [3.63, 3.8) is 0 Å². The number of nitrogens with one attached hydrogen (secondary N) is 1. The second-order valence-corrected chi connectivity index (χ2v) is 7.29. The maximum Gasteiger partial charge on any atom is 0.279 e. The Hall–Kier alpha value is -3.09. The lowest BCUT2D eigenvalue weighted by Crippen LogP contribution is -2.19. The predicted octanol–water partition coefficient (Wildman–Crippen LogP) is 4.52. The second-order valence-electron chi connectivity index (χ2n) is 7.29. The number of nitrogens with zero attached hydrogens (tertiary/aromatic N) is 3. The summed E-state index contributed by atoms with van der Waals surface area (Å²) < 4.78 is 13.0. The maximum atomic E-state index is 12.8. The van der Waals surface area contributed by atoms with E-state index in [-0.39, 0.29) is 24.2 Å². The molecule has 0 aliphatic rings. The molecule has 1 N–H and O–H groups in total. The monoisotopic (exact) mass is 382 g/mol. The van der Waals surface area contributed by atoms with E-state index in [1.807, 2.05) is 58.9 Å². The molecule has 0 radical (unpaired) electrons. The Kier molecular flexibility index (Phi) is 5.53. The normalized spacial score (nSPS) is 11.1. The van der Waals surface area contributed by atoms with Gasteiger partial charge in [-0.05, 0) is 58.7 Å². The van der Waals surface area contributed by atoms with Crippen LogP contribution < -0.4 is 10.1 Å². The van der Waals surface area contributed by atoms with E-state index in [9.17, 15) is 4.79 Å². The summed E-state index contributed by atoms with van der Waals surface area (Å²) in [6.45, 7) is 11.9. The fraction of sp³-hybridized carbons (Fsp3) is 0.381. The first-order valence-electron chi connectivity index (χ1n) is 9.29. The summed E-state index contributed by atoms with van der Waals surface area (Å²) in [5.41, 5.74) is 3.82. The topological polar surface area (TPSA) is 82.2 Å². The molecule has 0 aliphatic carbocycles. The molecule has 1 amide bonds. The molecule has 0 spiro atoms. The first kappa shape index (κ1) is 19.7. The molecule has 1 aromatic carbocycles. The number of hydrogen-bond donors (Lipinski definition) is 1. The highest BCUT2D eigenvalue weighted by Gasteiger charge is 2.22. The Morgan fingerprint density at radius 2 is 1.96 bits per heavy atom. The lowest BCUT2D eigenvalue weighted by molar-refractivity contribution is 0.101. The largest absolute Gasteiger partial charge is 0.488 e. The number of amides is 1. The van der Waals surface area contributed by atoms with Crippen molar-refractivity contribution in [2.24, 2.45) is 0 Å². The molecule has 3 aromatic rings. The summed E-state index contributed by atoms with van der Waals surface area (Å²) >= 11 is 0. The molecule has 3 rings (SSSR count). The highest BCUT2D eigenvalue weighted by Crippen LogP contribution is 2.23. The highest BCUT2D eigenvalue weighted by atomic mass is 16.5. The van der Waals surface area contributed by atoms with Gasteiger partial charge in [0.2, 0.25) is 0 Å². The Bertz CT molecular complexity index is 1000. The van der Waals surface area contributed by atoms with Crippen LogP contribution in [0.5, 0.6) is 5.75 Å². The van der Waals surface area contributed by atoms with Gasteiger partial charge in [0.05, 0.1) is 11.3 Å². The summed E-state index contributed by atoms with van der Waals surface area (Å²) in [7, 11) is 0. The number of carbonyl (C=O) groups is 1. The molecule has 0 bridgehead atoms. The fourth-order valence-corrected chi connectivity index (χ4v) is 2.93. The van der Waals surface area contributed by atoms with Gasteiger partial charge in [0, 0.05) is 12.1 Å². The van der Waals surface area contributed by atoms with E-state index in [0.29, 0.717) is 17.1 Å². The van der Waals surface area contributed by atoms with Crippen molar-refractivity contribution in [1.29, 1.82) is 0 Å². The van der Waals surface area contributed by atoms with E-state index in [1.165, 1.54) is 0 Å². The van der Waals surface area contributed by atoms with E-state index in [1.54, 1.807) is 11.6 Å². The molecule has 0 aliphatic heterocycles. The molecule has 28 heavy (non-hydrogen) atoms. The molecule has 2 heterocycles. The summed E-state index contributed by atoms with van der Waals surface area (Å²) in [5.74, 6) is 1.61. The van der Waals surface area contributed by atoms with E-state index < -0.39 is 0 Å². The minimum atomic E-state index is -0.349. The van der Waals surface area contributed by atoms with Crippen LogP contribution in [-0.4, -0.2) is 20.8 Å². The molecule has 0 saturated heterocycles. The smallest absolute Gasteiger partial charge is 0.279 e. The number of benzene rings is 1. The summed E-state index contributed by atoms with van der Waals surface area (Å²) in [6.07, 6.45) is 0. The third kappa shape index (κ3) is 4.08. The van der Waals surface area contributed by atoms with Crippen molar-refractivity contribution in [3.05, 3.63) is 58.1 Å². The molecule has 7 nitrogen and oxygen atoms in total. The van der Waals surface area contributed by atoms with Crippen molar-refractivity contribution < 1.29 is 14.1 Å². The minimum Gasteiger partial charge on any atom is -0.488 e. The zero-order chi connectivity index (χ0) is 20.4. The van der Waals surface area contributed by atoms with Crippen LogP contribution in [0.4, 0.5) is 5.82 Å². The van der Waals surface area contributed by atoms with Gasteiger partial charge in [0.25, 0.3) is 5.91 Å². The number of carbonyl (C=O) groups excluding carboxylic acids is 1. The molecule has 2 aromatic heterocycles. The number of ether oxygens (including phenoxy) is 1. The Balaban J connectivity index is 1.80. The quantitative estimate of drug-likeness (QED) is 0.678. The Labute approximate surface area is 164 Å². The van der Waals surface area contributed by atoms with Crippen LogP contribution in [0.1, 0.15) is 58.5 Å². The van der Waals surface area contributed by atoms with E-state index in [2.05, 4.69) is 15.6 Å². The zero-order valence-corrected chi connectivity index (χ0v) is 17.2. The molecule has 0 atom stereocenters. The average Bonchev–Trinajstić information content (AvgIpc) is 3.18. The van der Waals surface area contributed by atoms with Gasteiger partial charge in [0.15, 0.2) is 5.69 Å². The van der Waals surface area contributed by atoms with Gasteiger partial charge in [-0.3, -0.25) is 4.79 Å². The molecule has 0 saturated carbocycles. The maximum absolute atomic E-state index is 12.8. The molecule has 148 valence electrons. The lowest BCUT2D eigenvalue weighted by Gasteiger charge is -2.12. The van der Waals surface area contributed by atoms with Crippen molar-refractivity contribution in [2.45, 2.75) is 54.2 Å². The van der Waals surface area contributed by atoms with Gasteiger partial charge in [-0.25, -0.2) is 4.68 Å². The predicted molar refractivity (Wildman–Crippen MR) is 107 cm³/mol. The van der Waals surface area contributed by atoms with Crippen molar-refractivity contribution in [1.82, 2.24) is 14.9 Å². The molecule has 7 heteroatoms. The summed E-state index contributed by atoms with van der Waals surface area (Å²) in [4.78, 5) is 12.8. The first-order chi connectivity index (χ1) is 13.3. The van der Waals surface area contributed by atoms with Crippen LogP contribution in [0.3, 0.4) is 0 Å². The number of aryl methyl sites for hydroxylation is 4. The SMILES string of the molecule is Cc1ccc(C)c(OCc2c(C(=O)Nc3cc(C)nn3C(C)C)noc2C)c1. The van der Waals surface area contributed by atoms with Gasteiger partial charge in [0.1, 0.15) is 23.9 Å². The van der Waals surface area contributed by atoms with Crippen molar-refractivity contribution in [3.8, 4) is 5.75 Å². The van der Waals surface area contributed by atoms with Gasteiger partial charge >= 0.3 is 0 Å². The van der Waals surface area contributed by atoms with E-state index in [0.717, 1.165) is 22.6 Å². The van der Waals surface area contributed by atoms with Crippen LogP contribution in [0.25, 0.3) is 0 Å². The van der Waals surface area contributed by atoms with Gasteiger partial charge in [-0.1, -0.05) is 17.3 Å². The molecule has 0 unspecified atom stereocenters. The zero-order valence-electron chi connectivity index (χ0n) is 17.2. The lowest BCUT2D eigenvalue weighted by atomic mass is 10.1.